The maximum absolute atomic E-state index is 12.7. The van der Waals surface area contributed by atoms with E-state index >= 15 is 0 Å². The fourth-order valence-corrected chi connectivity index (χ4v) is 4.00. The molecule has 1 amide bonds. The van der Waals surface area contributed by atoms with Crippen LogP contribution in [0.25, 0.3) is 0 Å². The Hall–Kier alpha value is -2.26. The molecule has 0 aliphatic heterocycles. The number of nitrogens with one attached hydrogen (secondary N) is 1. The van der Waals surface area contributed by atoms with Crippen molar-refractivity contribution >= 4 is 33.1 Å². The number of rotatable bonds is 6. The van der Waals surface area contributed by atoms with E-state index in [9.17, 15) is 18.0 Å². The van der Waals surface area contributed by atoms with E-state index in [1.807, 2.05) is 6.92 Å². The molecule has 0 radical (unpaired) electrons. The highest BCUT2D eigenvalue weighted by atomic mass is 32.2. The van der Waals surface area contributed by atoms with Gasteiger partial charge in [0.25, 0.3) is 5.91 Å². The fraction of sp³-hybridized carbons (Fsp3) is 0.353. The fourth-order valence-electron chi connectivity index (χ4n) is 2.44. The molecule has 1 aromatic heterocycles. The lowest BCUT2D eigenvalue weighted by molar-refractivity contribution is 0.0700. The molecule has 2 rings (SSSR count). The van der Waals surface area contributed by atoms with Crippen molar-refractivity contribution in [1.82, 2.24) is 10.3 Å². The molecule has 1 aromatic carbocycles. The first-order valence-corrected chi connectivity index (χ1v) is 10.6. The van der Waals surface area contributed by atoms with Crippen LogP contribution in [0.5, 0.6) is 0 Å². The van der Waals surface area contributed by atoms with Gasteiger partial charge in [-0.2, -0.15) is 0 Å². The van der Waals surface area contributed by atoms with Crippen LogP contribution in [-0.4, -0.2) is 36.6 Å². The Morgan fingerprint density at radius 3 is 2.50 bits per heavy atom. The molecule has 2 N–H and O–H groups in total. The Balaban J connectivity index is 2.31. The van der Waals surface area contributed by atoms with Crippen LogP contribution in [0.4, 0.5) is 0 Å². The lowest BCUT2D eigenvalue weighted by Crippen LogP contribution is -2.27. The summed E-state index contributed by atoms with van der Waals surface area (Å²) in [6, 6.07) is 3.97. The number of aromatic carboxylic acids is 1. The summed E-state index contributed by atoms with van der Waals surface area (Å²) in [5, 5.41) is 12.4. The first kappa shape index (κ1) is 20.1. The second-order valence-corrected chi connectivity index (χ2v) is 8.96. The van der Waals surface area contributed by atoms with Crippen molar-refractivity contribution in [1.29, 1.82) is 0 Å². The molecule has 1 heterocycles. The van der Waals surface area contributed by atoms with Crippen LogP contribution >= 0.6 is 11.3 Å². The zero-order valence-electron chi connectivity index (χ0n) is 14.9. The van der Waals surface area contributed by atoms with Crippen molar-refractivity contribution in [3.8, 4) is 0 Å². The summed E-state index contributed by atoms with van der Waals surface area (Å²) in [6.45, 7) is 5.18. The van der Waals surface area contributed by atoms with Crippen LogP contribution in [0.1, 0.15) is 56.2 Å². The number of aryl methyl sites for hydroxylation is 2. The summed E-state index contributed by atoms with van der Waals surface area (Å²) >= 11 is 1.01. The Morgan fingerprint density at radius 1 is 1.35 bits per heavy atom. The van der Waals surface area contributed by atoms with E-state index < -0.39 is 27.8 Å². The number of amides is 1. The third-order valence-corrected chi connectivity index (χ3v) is 6.30. The van der Waals surface area contributed by atoms with Gasteiger partial charge in [0, 0.05) is 11.8 Å². The van der Waals surface area contributed by atoms with Gasteiger partial charge >= 0.3 is 5.97 Å². The monoisotopic (exact) mass is 396 g/mol. The average Bonchev–Trinajstić information content (AvgIpc) is 2.95. The third-order valence-electron chi connectivity index (χ3n) is 3.86. The molecule has 2 aromatic rings. The highest BCUT2D eigenvalue weighted by Gasteiger charge is 2.21. The van der Waals surface area contributed by atoms with Crippen LogP contribution in [0.2, 0.25) is 0 Å². The minimum Gasteiger partial charge on any atom is -0.477 e. The molecule has 1 unspecified atom stereocenters. The second-order valence-electron chi connectivity index (χ2n) is 5.91. The predicted octanol–water partition coefficient (Wildman–Crippen LogP) is 2.61. The smallest absolute Gasteiger partial charge is 0.347 e. The van der Waals surface area contributed by atoms with Gasteiger partial charge in [0.2, 0.25) is 0 Å². The van der Waals surface area contributed by atoms with Crippen molar-refractivity contribution in [3.63, 3.8) is 0 Å². The number of thiazole rings is 1. The van der Waals surface area contributed by atoms with Crippen LogP contribution in [0, 0.1) is 6.92 Å². The topological polar surface area (TPSA) is 113 Å². The molecule has 7 nitrogen and oxygen atoms in total. The maximum atomic E-state index is 12.7. The maximum Gasteiger partial charge on any atom is 0.347 e. The Kier molecular flexibility index (Phi) is 5.82. The molecule has 26 heavy (non-hydrogen) atoms. The Labute approximate surface area is 156 Å². The van der Waals surface area contributed by atoms with Gasteiger partial charge in [-0.3, -0.25) is 4.79 Å². The second kappa shape index (κ2) is 7.55. The number of carboxylic acid groups (broad SMARTS) is 1. The van der Waals surface area contributed by atoms with Gasteiger partial charge in [-0.15, -0.1) is 11.3 Å². The van der Waals surface area contributed by atoms with Gasteiger partial charge in [-0.25, -0.2) is 18.2 Å². The van der Waals surface area contributed by atoms with E-state index in [0.29, 0.717) is 17.1 Å². The normalized spacial score (nSPS) is 12.6. The number of carbonyl (C=O) groups excluding carboxylic acids is 1. The van der Waals surface area contributed by atoms with Crippen molar-refractivity contribution in [3.05, 3.63) is 44.9 Å². The van der Waals surface area contributed by atoms with E-state index in [0.717, 1.165) is 23.2 Å². The van der Waals surface area contributed by atoms with Gasteiger partial charge in [-0.1, -0.05) is 13.0 Å². The quantitative estimate of drug-likeness (QED) is 0.776. The number of hydrogen-bond donors (Lipinski definition) is 2. The Bertz CT molecular complexity index is 964. The SMILES string of the molecule is CCc1ccc(S(C)(=O)=O)cc1C(=O)NC(C)c1nc(C)c(C(=O)O)s1. The summed E-state index contributed by atoms with van der Waals surface area (Å²) in [4.78, 5) is 28.2. The number of carboxylic acids is 1. The molecular weight excluding hydrogens is 376 g/mol. The summed E-state index contributed by atoms with van der Waals surface area (Å²) in [5.41, 5.74) is 1.41. The zero-order chi connectivity index (χ0) is 19.6. The summed E-state index contributed by atoms with van der Waals surface area (Å²) in [5.74, 6) is -1.48. The van der Waals surface area contributed by atoms with Crippen molar-refractivity contribution in [2.75, 3.05) is 6.26 Å². The third kappa shape index (κ3) is 4.28. The average molecular weight is 396 g/mol. The van der Waals surface area contributed by atoms with Gasteiger partial charge in [0.05, 0.1) is 16.6 Å². The van der Waals surface area contributed by atoms with Crippen LogP contribution in [0.15, 0.2) is 23.1 Å². The lowest BCUT2D eigenvalue weighted by Gasteiger charge is -2.14. The van der Waals surface area contributed by atoms with Crippen LogP contribution < -0.4 is 5.32 Å². The van der Waals surface area contributed by atoms with Crippen molar-refractivity contribution in [2.24, 2.45) is 0 Å². The molecule has 140 valence electrons. The summed E-state index contributed by atoms with van der Waals surface area (Å²) in [6.07, 6.45) is 1.66. The predicted molar refractivity (Wildman–Crippen MR) is 98.6 cm³/mol. The molecule has 9 heteroatoms. The number of aromatic nitrogens is 1. The molecule has 1 atom stereocenters. The van der Waals surface area contributed by atoms with Crippen LogP contribution in [0.3, 0.4) is 0 Å². The number of sulfone groups is 1. The van der Waals surface area contributed by atoms with Crippen LogP contribution in [-0.2, 0) is 16.3 Å². The standard InChI is InChI=1S/C17H20N2O5S2/c1-5-11-6-7-12(26(4,23)24)8-13(11)15(20)18-10(3)16-19-9(2)14(25-16)17(21)22/h6-8,10H,5H2,1-4H3,(H,18,20)(H,21,22). The van der Waals surface area contributed by atoms with E-state index in [1.165, 1.54) is 12.1 Å². The summed E-state index contributed by atoms with van der Waals surface area (Å²) in [7, 11) is -3.43. The number of nitrogens with zero attached hydrogens (tertiary/aromatic N) is 1. The van der Waals surface area contributed by atoms with Crippen molar-refractivity contribution in [2.45, 2.75) is 38.1 Å². The number of hydrogen-bond acceptors (Lipinski definition) is 6. The Morgan fingerprint density at radius 2 is 2.00 bits per heavy atom. The molecule has 0 aliphatic carbocycles. The molecule has 0 spiro atoms. The van der Waals surface area contributed by atoms with Gasteiger partial charge in [-0.05, 0) is 38.0 Å². The first-order valence-electron chi connectivity index (χ1n) is 7.89. The van der Waals surface area contributed by atoms with E-state index in [1.54, 1.807) is 19.9 Å². The van der Waals surface area contributed by atoms with E-state index in [4.69, 9.17) is 5.11 Å². The van der Waals surface area contributed by atoms with Crippen molar-refractivity contribution < 1.29 is 23.1 Å². The van der Waals surface area contributed by atoms with Gasteiger partial charge in [0.1, 0.15) is 9.88 Å². The van der Waals surface area contributed by atoms with E-state index in [2.05, 4.69) is 10.3 Å². The number of carbonyl (C=O) groups is 2. The minimum atomic E-state index is -3.43. The first-order chi connectivity index (χ1) is 12.0. The lowest BCUT2D eigenvalue weighted by atomic mass is 10.0. The molecular formula is C17H20N2O5S2. The largest absolute Gasteiger partial charge is 0.477 e. The zero-order valence-corrected chi connectivity index (χ0v) is 16.5. The van der Waals surface area contributed by atoms with Gasteiger partial charge in [0.15, 0.2) is 9.84 Å². The molecule has 0 fully saturated rings. The molecule has 0 saturated heterocycles. The highest BCUT2D eigenvalue weighted by Crippen LogP contribution is 2.24. The van der Waals surface area contributed by atoms with Gasteiger partial charge < -0.3 is 10.4 Å². The minimum absolute atomic E-state index is 0.0748. The number of benzene rings is 1. The molecule has 0 aliphatic rings. The molecule has 0 bridgehead atoms. The highest BCUT2D eigenvalue weighted by molar-refractivity contribution is 7.90. The van der Waals surface area contributed by atoms with E-state index in [-0.39, 0.29) is 15.3 Å². The summed E-state index contributed by atoms with van der Waals surface area (Å²) < 4.78 is 23.5. The molecule has 0 saturated carbocycles.